The molecule has 0 aliphatic rings. The summed E-state index contributed by atoms with van der Waals surface area (Å²) in [6.07, 6.45) is 0.890. The highest BCUT2D eigenvalue weighted by Gasteiger charge is 2.08. The molecule has 0 heterocycles. The van der Waals surface area contributed by atoms with Gasteiger partial charge in [0.05, 0.1) is 0 Å². The van der Waals surface area contributed by atoms with Gasteiger partial charge in [0.25, 0.3) is 5.91 Å². The molecule has 0 saturated heterocycles. The first-order valence-electron chi connectivity index (χ1n) is 3.90. The number of carbonyl (C=O) groups excluding carboxylic acids is 1. The van der Waals surface area contributed by atoms with Crippen LogP contribution in [0.4, 0.5) is 0 Å². The smallest absolute Gasteiger partial charge is 0.251 e. The number of rotatable bonds is 3. The Bertz CT molecular complexity index is 267. The van der Waals surface area contributed by atoms with Crippen LogP contribution in [-0.2, 0) is 14.7 Å². The van der Waals surface area contributed by atoms with Crippen molar-refractivity contribution in [2.75, 3.05) is 5.75 Å². The highest BCUT2D eigenvalue weighted by molar-refractivity contribution is 7.91. The van der Waals surface area contributed by atoms with E-state index in [0.29, 0.717) is 5.75 Å². The third kappa shape index (κ3) is 5.26. The first-order valence-corrected chi connectivity index (χ1v) is 5.65. The average molecular weight is 192 g/mol. The number of carbonyl (C=O) groups is 1. The number of hydrogen-bond donors (Lipinski definition) is 1. The molecule has 0 aromatic rings. The van der Waals surface area contributed by atoms with E-state index >= 15 is 0 Å². The molecule has 0 saturated carbocycles. The molecule has 1 amide bonds. The minimum Gasteiger partial charge on any atom is -0.272 e. The molecule has 0 bridgehead atoms. The van der Waals surface area contributed by atoms with Crippen molar-refractivity contribution in [3.63, 3.8) is 0 Å². The summed E-state index contributed by atoms with van der Waals surface area (Å²) in [5, 5.41) is 5.33. The van der Waals surface area contributed by atoms with Crippen molar-refractivity contribution >= 4 is 15.8 Å². The van der Waals surface area contributed by atoms with E-state index in [1.165, 1.54) is 6.92 Å². The van der Waals surface area contributed by atoms with E-state index in [1.54, 1.807) is 0 Å². The fourth-order valence-electron chi connectivity index (χ4n) is 0.780. The van der Waals surface area contributed by atoms with Crippen molar-refractivity contribution in [3.8, 4) is 0 Å². The van der Waals surface area contributed by atoms with E-state index in [1.807, 2.05) is 13.8 Å². The zero-order valence-electron chi connectivity index (χ0n) is 7.74. The number of nitrogens with zero attached hydrogens (tertiary/aromatic N) is 1. The van der Waals surface area contributed by atoms with Gasteiger partial charge < -0.3 is 0 Å². The molecule has 0 aromatic heterocycles. The van der Waals surface area contributed by atoms with Crippen LogP contribution in [0.25, 0.3) is 0 Å². The summed E-state index contributed by atoms with van der Waals surface area (Å²) < 4.78 is 14.7. The van der Waals surface area contributed by atoms with Gasteiger partial charge >= 0.3 is 0 Å². The van der Waals surface area contributed by atoms with Gasteiger partial charge in [0, 0.05) is 12.7 Å². The van der Waals surface area contributed by atoms with Crippen LogP contribution in [0.3, 0.4) is 0 Å². The van der Waals surface area contributed by atoms with Gasteiger partial charge in [-0.05, 0) is 5.92 Å². The Morgan fingerprint density at radius 3 is 2.50 bits per heavy atom. The summed E-state index contributed by atoms with van der Waals surface area (Å²) in [6.45, 7) is 5.17. The predicted octanol–water partition coefficient (Wildman–Crippen LogP) is 0.921. The molecule has 0 rings (SSSR count). The third-order valence-corrected chi connectivity index (χ3v) is 3.12. The summed E-state index contributed by atoms with van der Waals surface area (Å²) in [4.78, 5) is 10.5. The Kier molecular flexibility index (Phi) is 4.41. The molecule has 12 heavy (non-hydrogen) atoms. The van der Waals surface area contributed by atoms with Crippen LogP contribution in [-0.4, -0.2) is 15.9 Å². The van der Waals surface area contributed by atoms with Gasteiger partial charge in [-0.25, -0.2) is 9.35 Å². The summed E-state index contributed by atoms with van der Waals surface area (Å²) in [6, 6.07) is 0. The molecule has 2 atom stereocenters. The lowest BCUT2D eigenvalue weighted by Gasteiger charge is -2.08. The Hall–Kier alpha value is -0.420. The Morgan fingerprint density at radius 1 is 1.67 bits per heavy atom. The van der Waals surface area contributed by atoms with Crippen molar-refractivity contribution in [1.29, 1.82) is 0 Å². The molecule has 2 N–H and O–H groups in total. The van der Waals surface area contributed by atoms with E-state index in [4.69, 9.17) is 5.14 Å². The van der Waals surface area contributed by atoms with Gasteiger partial charge in [-0.15, -0.1) is 4.36 Å². The topological polar surface area (TPSA) is 72.5 Å². The van der Waals surface area contributed by atoms with Gasteiger partial charge in [0.2, 0.25) is 0 Å². The van der Waals surface area contributed by atoms with Crippen LogP contribution in [0.2, 0.25) is 0 Å². The summed E-state index contributed by atoms with van der Waals surface area (Å²) in [7, 11) is -2.77. The van der Waals surface area contributed by atoms with Crippen molar-refractivity contribution in [2.45, 2.75) is 27.2 Å². The van der Waals surface area contributed by atoms with Crippen molar-refractivity contribution < 1.29 is 9.00 Å². The summed E-state index contributed by atoms with van der Waals surface area (Å²) in [5.74, 6) is 0.0692. The molecule has 0 spiro atoms. The molecule has 1 unspecified atom stereocenters. The third-order valence-electron chi connectivity index (χ3n) is 1.50. The van der Waals surface area contributed by atoms with E-state index in [0.717, 1.165) is 6.42 Å². The van der Waals surface area contributed by atoms with Crippen LogP contribution in [0.15, 0.2) is 4.36 Å². The Morgan fingerprint density at radius 2 is 2.17 bits per heavy atom. The van der Waals surface area contributed by atoms with Crippen LogP contribution < -0.4 is 5.14 Å². The maximum Gasteiger partial charge on any atom is 0.251 e. The van der Waals surface area contributed by atoms with Crippen LogP contribution in [0.5, 0.6) is 0 Å². The zero-order chi connectivity index (χ0) is 9.78. The fraction of sp³-hybridized carbons (Fsp3) is 0.857. The fourth-order valence-corrected chi connectivity index (χ4v) is 2.34. The first-order chi connectivity index (χ1) is 5.37. The monoisotopic (exact) mass is 192 g/mol. The largest absolute Gasteiger partial charge is 0.272 e. The number of amides is 1. The Labute approximate surface area is 73.8 Å². The molecule has 0 aliphatic heterocycles. The molecule has 72 valence electrons. The predicted molar refractivity (Wildman–Crippen MR) is 49.8 cm³/mol. The second-order valence-electron chi connectivity index (χ2n) is 2.98. The quantitative estimate of drug-likeness (QED) is 0.722. The lowest BCUT2D eigenvalue weighted by atomic mass is 10.2. The molecule has 4 nitrogen and oxygen atoms in total. The van der Waals surface area contributed by atoms with E-state index in [9.17, 15) is 9.00 Å². The lowest BCUT2D eigenvalue weighted by Crippen LogP contribution is -2.22. The first kappa shape index (κ1) is 11.6. The molecule has 0 radical (unpaired) electrons. The second-order valence-corrected chi connectivity index (χ2v) is 4.88. The van der Waals surface area contributed by atoms with Gasteiger partial charge in [0.1, 0.15) is 9.92 Å². The van der Waals surface area contributed by atoms with E-state index in [2.05, 4.69) is 4.36 Å². The maximum atomic E-state index is 11.4. The van der Waals surface area contributed by atoms with Gasteiger partial charge in [-0.2, -0.15) is 0 Å². The van der Waals surface area contributed by atoms with Crippen molar-refractivity contribution in [3.05, 3.63) is 0 Å². The molecule has 0 fully saturated rings. The van der Waals surface area contributed by atoms with E-state index in [-0.39, 0.29) is 5.92 Å². The second kappa shape index (κ2) is 4.57. The van der Waals surface area contributed by atoms with Crippen molar-refractivity contribution in [2.24, 2.45) is 15.4 Å². The highest BCUT2D eigenvalue weighted by Crippen LogP contribution is 2.04. The van der Waals surface area contributed by atoms with Gasteiger partial charge in [-0.1, -0.05) is 20.3 Å². The maximum absolute atomic E-state index is 11.4. The minimum absolute atomic E-state index is 0.241. The zero-order valence-corrected chi connectivity index (χ0v) is 8.56. The Balaban J connectivity index is 4.43. The summed E-state index contributed by atoms with van der Waals surface area (Å²) in [5.41, 5.74) is 0. The van der Waals surface area contributed by atoms with Crippen molar-refractivity contribution in [1.82, 2.24) is 0 Å². The molecule has 0 aromatic carbocycles. The standard InChI is InChI=1S/C7H16N2O2S/c1-4-6(2)5-12(8,11)9-7(3)10/h6H,4-5H2,1-3H3,(H2,8,9,10,11)/t6-,12?/m0/s1. The highest BCUT2D eigenvalue weighted by atomic mass is 32.2. The average Bonchev–Trinajstić information content (AvgIpc) is 1.83. The number of nitrogens with two attached hydrogens (primary N) is 1. The van der Waals surface area contributed by atoms with Crippen LogP contribution in [0.1, 0.15) is 27.2 Å². The van der Waals surface area contributed by atoms with Crippen LogP contribution in [0, 0.1) is 5.92 Å². The molecule has 0 aliphatic carbocycles. The SMILES string of the molecule is CC[C@H](C)CS(N)(=O)=NC(C)=O. The molecule has 5 heteroatoms. The van der Waals surface area contributed by atoms with Gasteiger partial charge in [-0.3, -0.25) is 4.79 Å². The van der Waals surface area contributed by atoms with Gasteiger partial charge in [0.15, 0.2) is 0 Å². The molecular weight excluding hydrogens is 176 g/mol. The lowest BCUT2D eigenvalue weighted by molar-refractivity contribution is -0.115. The normalized spacial score (nSPS) is 18.0. The number of hydrogen-bond acceptors (Lipinski definition) is 2. The molecular formula is C7H16N2O2S. The summed E-state index contributed by atoms with van der Waals surface area (Å²) >= 11 is 0. The minimum atomic E-state index is -2.77. The van der Waals surface area contributed by atoms with Crippen LogP contribution >= 0.6 is 0 Å². The van der Waals surface area contributed by atoms with E-state index < -0.39 is 15.8 Å².